The van der Waals surface area contributed by atoms with Gasteiger partial charge in [-0.1, -0.05) is 30.3 Å². The zero-order valence-corrected chi connectivity index (χ0v) is 14.9. The predicted molar refractivity (Wildman–Crippen MR) is 102 cm³/mol. The number of nitrogens with one attached hydrogen (secondary N) is 1. The number of aromatic nitrogens is 2. The van der Waals surface area contributed by atoms with Crippen molar-refractivity contribution in [3.05, 3.63) is 76.8 Å². The monoisotopic (exact) mass is 369 g/mol. The van der Waals surface area contributed by atoms with Crippen molar-refractivity contribution in [1.82, 2.24) is 15.1 Å². The van der Waals surface area contributed by atoms with E-state index in [0.29, 0.717) is 30.3 Å². The maximum Gasteiger partial charge on any atom is 0.266 e. The van der Waals surface area contributed by atoms with Gasteiger partial charge in [0.15, 0.2) is 5.76 Å². The molecule has 134 valence electrons. The van der Waals surface area contributed by atoms with Crippen LogP contribution in [0.3, 0.4) is 0 Å². The van der Waals surface area contributed by atoms with Gasteiger partial charge >= 0.3 is 0 Å². The van der Waals surface area contributed by atoms with Gasteiger partial charge in [-0.3, -0.25) is 9.59 Å². The second-order valence-electron chi connectivity index (χ2n) is 5.59. The topological polar surface area (TPSA) is 77.1 Å². The Morgan fingerprint density at radius 2 is 1.96 bits per heavy atom. The molecule has 0 fully saturated rings. The molecule has 0 spiro atoms. The Hall–Kier alpha value is -2.80. The van der Waals surface area contributed by atoms with Crippen molar-refractivity contribution in [3.8, 4) is 11.5 Å². The number of carbonyl (C=O) groups is 1. The predicted octanol–water partition coefficient (Wildman–Crippen LogP) is 2.55. The Bertz CT molecular complexity index is 892. The lowest BCUT2D eigenvalue weighted by molar-refractivity contribution is -0.118. The number of rotatable bonds is 8. The smallest absolute Gasteiger partial charge is 0.266 e. The van der Waals surface area contributed by atoms with E-state index in [2.05, 4.69) is 10.4 Å². The van der Waals surface area contributed by atoms with E-state index in [1.165, 1.54) is 16.3 Å². The van der Waals surface area contributed by atoms with Crippen molar-refractivity contribution in [3.63, 3.8) is 0 Å². The van der Waals surface area contributed by atoms with Gasteiger partial charge in [0, 0.05) is 18.4 Å². The lowest BCUT2D eigenvalue weighted by atomic mass is 10.2. The van der Waals surface area contributed by atoms with Gasteiger partial charge in [0.25, 0.3) is 5.56 Å². The van der Waals surface area contributed by atoms with Crippen molar-refractivity contribution >= 4 is 17.7 Å². The molecule has 3 aromatic rings. The first-order valence-electron chi connectivity index (χ1n) is 8.23. The number of hydrogen-bond donors (Lipinski definition) is 1. The van der Waals surface area contributed by atoms with Gasteiger partial charge in [-0.15, -0.1) is 11.8 Å². The van der Waals surface area contributed by atoms with Crippen molar-refractivity contribution in [1.29, 1.82) is 0 Å². The molecule has 0 saturated carbocycles. The Balaban J connectivity index is 1.45. The van der Waals surface area contributed by atoms with Gasteiger partial charge < -0.3 is 9.73 Å². The summed E-state index contributed by atoms with van der Waals surface area (Å²) < 4.78 is 6.62. The zero-order valence-electron chi connectivity index (χ0n) is 14.1. The summed E-state index contributed by atoms with van der Waals surface area (Å²) in [5.41, 5.74) is 1.56. The minimum atomic E-state index is -0.215. The van der Waals surface area contributed by atoms with Crippen LogP contribution in [0.1, 0.15) is 5.56 Å². The highest BCUT2D eigenvalue weighted by atomic mass is 32.2. The molecule has 1 N–H and O–H groups in total. The Labute approximate surface area is 155 Å². The lowest BCUT2D eigenvalue weighted by Gasteiger charge is -2.08. The van der Waals surface area contributed by atoms with E-state index in [1.54, 1.807) is 36.2 Å². The van der Waals surface area contributed by atoms with E-state index in [-0.39, 0.29) is 11.5 Å². The van der Waals surface area contributed by atoms with Crippen molar-refractivity contribution in [2.75, 3.05) is 12.3 Å². The molecule has 0 unspecified atom stereocenters. The van der Waals surface area contributed by atoms with Gasteiger partial charge in [-0.25, -0.2) is 4.68 Å². The van der Waals surface area contributed by atoms with Crippen LogP contribution in [0.25, 0.3) is 11.5 Å². The average Bonchev–Trinajstić information content (AvgIpc) is 3.19. The number of hydrogen-bond acceptors (Lipinski definition) is 5. The summed E-state index contributed by atoms with van der Waals surface area (Å²) in [6, 6.07) is 16.6. The number of amides is 1. The Kier molecular flexibility index (Phi) is 6.27. The molecule has 0 aliphatic carbocycles. The molecule has 2 aromatic heterocycles. The fourth-order valence-electron chi connectivity index (χ4n) is 2.35. The normalized spacial score (nSPS) is 10.6. The van der Waals surface area contributed by atoms with Gasteiger partial charge in [-0.05, 0) is 23.8 Å². The highest BCUT2D eigenvalue weighted by molar-refractivity contribution is 7.99. The summed E-state index contributed by atoms with van der Waals surface area (Å²) in [6.07, 6.45) is 1.56. The molecule has 1 amide bonds. The van der Waals surface area contributed by atoms with E-state index in [9.17, 15) is 9.59 Å². The van der Waals surface area contributed by atoms with Crippen LogP contribution in [0, 0.1) is 0 Å². The molecular formula is C19H19N3O3S. The van der Waals surface area contributed by atoms with Crippen molar-refractivity contribution < 1.29 is 9.21 Å². The molecule has 0 radical (unpaired) electrons. The minimum Gasteiger partial charge on any atom is -0.463 e. The van der Waals surface area contributed by atoms with Crippen LogP contribution >= 0.6 is 11.8 Å². The van der Waals surface area contributed by atoms with Crippen molar-refractivity contribution in [2.24, 2.45) is 0 Å². The molecular weight excluding hydrogens is 350 g/mol. The fourth-order valence-corrected chi connectivity index (χ4v) is 3.17. The Morgan fingerprint density at radius 3 is 2.73 bits per heavy atom. The third kappa shape index (κ3) is 5.10. The number of thioether (sulfide) groups is 1. The molecule has 2 heterocycles. The summed E-state index contributed by atoms with van der Waals surface area (Å²) in [5.74, 6) is 1.71. The molecule has 0 saturated heterocycles. The van der Waals surface area contributed by atoms with Crippen LogP contribution in [0.2, 0.25) is 0 Å². The summed E-state index contributed by atoms with van der Waals surface area (Å²) in [6.45, 7) is 0.654. The number of carbonyl (C=O) groups excluding carboxylic acids is 1. The minimum absolute atomic E-state index is 0.0545. The number of benzene rings is 1. The largest absolute Gasteiger partial charge is 0.463 e. The van der Waals surface area contributed by atoms with E-state index >= 15 is 0 Å². The maximum absolute atomic E-state index is 11.9. The molecule has 3 rings (SSSR count). The summed E-state index contributed by atoms with van der Waals surface area (Å²) in [5, 5.41) is 7.08. The van der Waals surface area contributed by atoms with Crippen molar-refractivity contribution in [2.45, 2.75) is 12.3 Å². The molecule has 0 bridgehead atoms. The van der Waals surface area contributed by atoms with E-state index in [0.717, 1.165) is 5.75 Å². The van der Waals surface area contributed by atoms with E-state index in [1.807, 2.05) is 30.3 Å². The highest BCUT2D eigenvalue weighted by Gasteiger charge is 2.06. The zero-order chi connectivity index (χ0) is 18.2. The summed E-state index contributed by atoms with van der Waals surface area (Å²) in [7, 11) is 0. The average molecular weight is 369 g/mol. The summed E-state index contributed by atoms with van der Waals surface area (Å²) in [4.78, 5) is 23.8. The number of nitrogens with zero attached hydrogens (tertiary/aromatic N) is 2. The second-order valence-corrected chi connectivity index (χ2v) is 6.57. The third-order valence-corrected chi connectivity index (χ3v) is 4.63. The van der Waals surface area contributed by atoms with Gasteiger partial charge in [-0.2, -0.15) is 5.10 Å². The Morgan fingerprint density at radius 1 is 1.12 bits per heavy atom. The molecule has 0 aliphatic heterocycles. The van der Waals surface area contributed by atoms with Crippen LogP contribution in [-0.4, -0.2) is 28.0 Å². The van der Waals surface area contributed by atoms with Crippen LogP contribution < -0.4 is 10.9 Å². The van der Waals surface area contributed by atoms with E-state index in [4.69, 9.17) is 4.42 Å². The third-order valence-electron chi connectivity index (χ3n) is 3.63. The highest BCUT2D eigenvalue weighted by Crippen LogP contribution is 2.15. The molecule has 1 aromatic carbocycles. The fraction of sp³-hybridized carbons (Fsp3) is 0.211. The second kappa shape index (κ2) is 9.05. The van der Waals surface area contributed by atoms with Crippen LogP contribution in [0.5, 0.6) is 0 Å². The SMILES string of the molecule is O=C(CSCc1ccccc1)NCCn1nc(-c2ccco2)ccc1=O. The first-order valence-corrected chi connectivity index (χ1v) is 9.38. The van der Waals surface area contributed by atoms with Gasteiger partial charge in [0.2, 0.25) is 5.91 Å². The van der Waals surface area contributed by atoms with E-state index < -0.39 is 0 Å². The molecule has 7 heteroatoms. The first-order chi connectivity index (χ1) is 12.7. The summed E-state index contributed by atoms with van der Waals surface area (Å²) >= 11 is 1.56. The standard InChI is InChI=1S/C19H19N3O3S/c23-18(14-26-13-15-5-2-1-3-6-15)20-10-11-22-19(24)9-8-16(21-22)17-7-4-12-25-17/h1-9,12H,10-11,13-14H2,(H,20,23). The van der Waals surface area contributed by atoms with Crippen LogP contribution in [0.4, 0.5) is 0 Å². The van der Waals surface area contributed by atoms with Gasteiger partial charge in [0.05, 0.1) is 18.6 Å². The number of furan rings is 1. The molecule has 0 aliphatic rings. The quantitative estimate of drug-likeness (QED) is 0.660. The lowest BCUT2D eigenvalue weighted by Crippen LogP contribution is -2.32. The van der Waals surface area contributed by atoms with Gasteiger partial charge in [0.1, 0.15) is 5.69 Å². The maximum atomic E-state index is 11.9. The molecule has 6 nitrogen and oxygen atoms in total. The first kappa shape index (κ1) is 18.0. The molecule has 26 heavy (non-hydrogen) atoms. The van der Waals surface area contributed by atoms with Crippen LogP contribution in [0.15, 0.2) is 70.1 Å². The molecule has 0 atom stereocenters. The van der Waals surface area contributed by atoms with Crippen LogP contribution in [-0.2, 0) is 17.1 Å².